The van der Waals surface area contributed by atoms with Gasteiger partial charge in [-0.15, -0.1) is 0 Å². The van der Waals surface area contributed by atoms with E-state index < -0.39 is 0 Å². The maximum absolute atomic E-state index is 6.02. The third-order valence-corrected chi connectivity index (χ3v) is 5.88. The van der Waals surface area contributed by atoms with E-state index in [9.17, 15) is 0 Å². The first-order valence-electron chi connectivity index (χ1n) is 11.4. The van der Waals surface area contributed by atoms with Gasteiger partial charge >= 0.3 is 0 Å². The number of hydrogen-bond acceptors (Lipinski definition) is 4. The highest BCUT2D eigenvalue weighted by Gasteiger charge is 2.17. The van der Waals surface area contributed by atoms with E-state index in [1.807, 2.05) is 25.1 Å². The van der Waals surface area contributed by atoms with Crippen LogP contribution in [0.4, 0.5) is 0 Å². The van der Waals surface area contributed by atoms with Crippen molar-refractivity contribution in [3.8, 4) is 11.5 Å². The average Bonchev–Trinajstić information content (AvgIpc) is 3.42. The fourth-order valence-electron chi connectivity index (χ4n) is 4.29. The lowest BCUT2D eigenvalue weighted by Gasteiger charge is -2.16. The molecule has 1 saturated heterocycles. The maximum atomic E-state index is 6.02. The molecule has 0 aliphatic carbocycles. The molecule has 5 heteroatoms. The number of methoxy groups -OCH3 is 1. The van der Waals surface area contributed by atoms with E-state index in [0.29, 0.717) is 6.61 Å². The largest absolute Gasteiger partial charge is 0.493 e. The van der Waals surface area contributed by atoms with E-state index in [1.54, 1.807) is 7.11 Å². The minimum absolute atomic E-state index is 0.674. The van der Waals surface area contributed by atoms with Crippen molar-refractivity contribution < 1.29 is 9.47 Å². The topological polar surface area (TPSA) is 39.5 Å². The number of nitrogens with zero attached hydrogens (tertiary/aromatic N) is 3. The van der Waals surface area contributed by atoms with E-state index in [1.165, 1.54) is 37.3 Å². The van der Waals surface area contributed by atoms with Crippen molar-refractivity contribution in [2.24, 2.45) is 0 Å². The van der Waals surface area contributed by atoms with Crippen molar-refractivity contribution >= 4 is 17.1 Å². The fourth-order valence-corrected chi connectivity index (χ4v) is 4.29. The van der Waals surface area contributed by atoms with Crippen molar-refractivity contribution in [1.82, 2.24) is 14.5 Å². The van der Waals surface area contributed by atoms with Gasteiger partial charge in [-0.25, -0.2) is 4.98 Å². The number of aromatic nitrogens is 2. The van der Waals surface area contributed by atoms with Crippen LogP contribution in [0.15, 0.2) is 48.5 Å². The Morgan fingerprint density at radius 3 is 2.68 bits per heavy atom. The molecule has 0 saturated carbocycles. The summed E-state index contributed by atoms with van der Waals surface area (Å²) in [5, 5.41) is 0. The molecule has 0 unspecified atom stereocenters. The second-order valence-corrected chi connectivity index (χ2v) is 8.12. The molecule has 1 aliphatic rings. The van der Waals surface area contributed by atoms with Gasteiger partial charge in [-0.05, 0) is 75.5 Å². The Morgan fingerprint density at radius 1 is 1.03 bits per heavy atom. The molecular formula is C26H33N3O2. The standard InChI is InChI=1S/C26H33N3O2/c1-3-10-21-13-14-24(25(19-21)30-2)31-18-9-8-17-29-23-12-5-4-11-22(23)27-26(29)20-28-15-6-7-16-28/h3-5,10-14,19H,6-9,15-18,20H2,1-2H3/b10-3+. The zero-order valence-corrected chi connectivity index (χ0v) is 18.7. The zero-order chi connectivity index (χ0) is 21.5. The minimum Gasteiger partial charge on any atom is -0.493 e. The molecule has 1 aliphatic heterocycles. The van der Waals surface area contributed by atoms with Gasteiger partial charge in [-0.2, -0.15) is 0 Å². The van der Waals surface area contributed by atoms with E-state index in [2.05, 4.69) is 45.9 Å². The van der Waals surface area contributed by atoms with Crippen molar-refractivity contribution in [1.29, 1.82) is 0 Å². The van der Waals surface area contributed by atoms with Gasteiger partial charge in [0.2, 0.25) is 0 Å². The van der Waals surface area contributed by atoms with Gasteiger partial charge in [0.15, 0.2) is 11.5 Å². The molecule has 5 nitrogen and oxygen atoms in total. The van der Waals surface area contributed by atoms with E-state index >= 15 is 0 Å². The number of fused-ring (bicyclic) bond motifs is 1. The highest BCUT2D eigenvalue weighted by Crippen LogP contribution is 2.29. The Balaban J connectivity index is 1.35. The van der Waals surface area contributed by atoms with Gasteiger partial charge in [0.05, 0.1) is 31.3 Å². The van der Waals surface area contributed by atoms with Crippen LogP contribution < -0.4 is 9.47 Å². The van der Waals surface area contributed by atoms with Gasteiger partial charge in [0.25, 0.3) is 0 Å². The second-order valence-electron chi connectivity index (χ2n) is 8.12. The van der Waals surface area contributed by atoms with Crippen LogP contribution in [0.25, 0.3) is 17.1 Å². The first-order valence-corrected chi connectivity index (χ1v) is 11.4. The Hall–Kier alpha value is -2.79. The van der Waals surface area contributed by atoms with Gasteiger partial charge < -0.3 is 14.0 Å². The molecule has 31 heavy (non-hydrogen) atoms. The van der Waals surface area contributed by atoms with Crippen LogP contribution in [-0.4, -0.2) is 41.3 Å². The van der Waals surface area contributed by atoms with Gasteiger partial charge in [-0.3, -0.25) is 4.90 Å². The maximum Gasteiger partial charge on any atom is 0.161 e. The van der Waals surface area contributed by atoms with E-state index in [0.717, 1.165) is 48.5 Å². The highest BCUT2D eigenvalue weighted by molar-refractivity contribution is 5.75. The van der Waals surface area contributed by atoms with Crippen LogP contribution in [0.5, 0.6) is 11.5 Å². The lowest BCUT2D eigenvalue weighted by atomic mass is 10.2. The van der Waals surface area contributed by atoms with Gasteiger partial charge in [-0.1, -0.05) is 30.4 Å². The third-order valence-electron chi connectivity index (χ3n) is 5.88. The highest BCUT2D eigenvalue weighted by atomic mass is 16.5. The summed E-state index contributed by atoms with van der Waals surface area (Å²) in [6, 6.07) is 14.5. The zero-order valence-electron chi connectivity index (χ0n) is 18.7. The van der Waals surface area contributed by atoms with Crippen molar-refractivity contribution in [3.63, 3.8) is 0 Å². The SMILES string of the molecule is C/C=C/c1ccc(OCCCCn2c(CN3CCCC3)nc3ccccc32)c(OC)c1. The minimum atomic E-state index is 0.674. The van der Waals surface area contributed by atoms with Crippen LogP contribution in [0.1, 0.15) is 44.0 Å². The quantitative estimate of drug-likeness (QED) is 0.405. The molecule has 4 rings (SSSR count). The molecule has 2 heterocycles. The summed E-state index contributed by atoms with van der Waals surface area (Å²) in [5.41, 5.74) is 3.45. The van der Waals surface area contributed by atoms with Crippen LogP contribution in [-0.2, 0) is 13.1 Å². The Kier molecular flexibility index (Phi) is 7.26. The summed E-state index contributed by atoms with van der Waals surface area (Å²) in [6.45, 7) is 6.97. The number of rotatable bonds is 10. The Labute approximate surface area is 185 Å². The first-order chi connectivity index (χ1) is 15.3. The van der Waals surface area contributed by atoms with Crippen LogP contribution in [0.2, 0.25) is 0 Å². The van der Waals surface area contributed by atoms with Crippen molar-refractivity contribution in [3.05, 3.63) is 59.9 Å². The van der Waals surface area contributed by atoms with E-state index in [-0.39, 0.29) is 0 Å². The number of benzene rings is 2. The summed E-state index contributed by atoms with van der Waals surface area (Å²) >= 11 is 0. The molecule has 1 fully saturated rings. The summed E-state index contributed by atoms with van der Waals surface area (Å²) in [7, 11) is 1.69. The van der Waals surface area contributed by atoms with Crippen LogP contribution in [0.3, 0.4) is 0 Å². The van der Waals surface area contributed by atoms with E-state index in [4.69, 9.17) is 14.5 Å². The molecule has 0 N–H and O–H groups in total. The van der Waals surface area contributed by atoms with Crippen molar-refractivity contribution in [2.45, 2.75) is 45.7 Å². The number of imidazole rings is 1. The second kappa shape index (κ2) is 10.5. The molecule has 2 aromatic carbocycles. The van der Waals surface area contributed by atoms with Gasteiger partial charge in [0, 0.05) is 6.54 Å². The number of para-hydroxylation sites is 2. The molecule has 0 radical (unpaired) electrons. The molecular weight excluding hydrogens is 386 g/mol. The normalized spacial score (nSPS) is 14.6. The number of likely N-dealkylation sites (tertiary alicyclic amines) is 1. The lowest BCUT2D eigenvalue weighted by molar-refractivity contribution is 0.282. The lowest BCUT2D eigenvalue weighted by Crippen LogP contribution is -2.21. The van der Waals surface area contributed by atoms with Crippen LogP contribution in [0, 0.1) is 0 Å². The van der Waals surface area contributed by atoms with Crippen molar-refractivity contribution in [2.75, 3.05) is 26.8 Å². The molecule has 0 atom stereocenters. The van der Waals surface area contributed by atoms with Crippen LogP contribution >= 0.6 is 0 Å². The summed E-state index contributed by atoms with van der Waals surface area (Å²) in [5.74, 6) is 2.77. The Bertz CT molecular complexity index is 1020. The fraction of sp³-hybridized carbons (Fsp3) is 0.423. The number of unbranched alkanes of at least 4 members (excludes halogenated alkanes) is 1. The summed E-state index contributed by atoms with van der Waals surface area (Å²) in [4.78, 5) is 7.45. The monoisotopic (exact) mass is 419 g/mol. The molecule has 0 spiro atoms. The number of hydrogen-bond donors (Lipinski definition) is 0. The van der Waals surface area contributed by atoms with Gasteiger partial charge in [0.1, 0.15) is 5.82 Å². The predicted molar refractivity (Wildman–Crippen MR) is 127 cm³/mol. The Morgan fingerprint density at radius 2 is 1.87 bits per heavy atom. The first kappa shape index (κ1) is 21.4. The smallest absolute Gasteiger partial charge is 0.161 e. The predicted octanol–water partition coefficient (Wildman–Crippen LogP) is 5.53. The summed E-state index contributed by atoms with van der Waals surface area (Å²) < 4.78 is 13.9. The molecule has 3 aromatic rings. The number of aryl methyl sites for hydroxylation is 1. The molecule has 0 bridgehead atoms. The molecule has 164 valence electrons. The summed E-state index contributed by atoms with van der Waals surface area (Å²) in [6.07, 6.45) is 8.71. The number of ether oxygens (including phenoxy) is 2. The third kappa shape index (κ3) is 5.28. The number of allylic oxidation sites excluding steroid dienone is 1. The molecule has 0 amide bonds. The average molecular weight is 420 g/mol. The molecule has 1 aromatic heterocycles.